The molecule has 3 aromatic rings. The van der Waals surface area contributed by atoms with Gasteiger partial charge in [0.05, 0.1) is 18.3 Å². The molecule has 4 nitrogen and oxygen atoms in total. The van der Waals surface area contributed by atoms with Gasteiger partial charge in [0.25, 0.3) is 0 Å². The van der Waals surface area contributed by atoms with E-state index in [9.17, 15) is 4.79 Å². The van der Waals surface area contributed by atoms with Crippen LogP contribution in [0.1, 0.15) is 16.7 Å². The summed E-state index contributed by atoms with van der Waals surface area (Å²) in [6.45, 7) is 2.81. The Kier molecular flexibility index (Phi) is 5.64. The smallest absolute Gasteiger partial charge is 0.228 e. The minimum Gasteiger partial charge on any atom is -0.355 e. The number of pyridine rings is 1. The van der Waals surface area contributed by atoms with Gasteiger partial charge in [0, 0.05) is 13.6 Å². The lowest BCUT2D eigenvalue weighted by Gasteiger charge is -2.18. The molecule has 132 valence electrons. The molecule has 0 aliphatic heterocycles. The molecule has 0 aliphatic carbocycles. The first-order chi connectivity index (χ1) is 12.6. The van der Waals surface area contributed by atoms with Crippen molar-refractivity contribution in [3.63, 3.8) is 0 Å². The van der Waals surface area contributed by atoms with Crippen LogP contribution in [-0.2, 0) is 17.8 Å². The molecule has 0 spiro atoms. The summed E-state index contributed by atoms with van der Waals surface area (Å²) in [5.41, 5.74) is 4.10. The zero-order chi connectivity index (χ0) is 18.4. The third-order valence-electron chi connectivity index (χ3n) is 4.13. The third kappa shape index (κ3) is 4.93. The number of carbonyl (C=O) groups is 1. The summed E-state index contributed by atoms with van der Waals surface area (Å²) in [5, 5.41) is 2.91. The van der Waals surface area contributed by atoms with Crippen LogP contribution in [0.5, 0.6) is 0 Å². The van der Waals surface area contributed by atoms with E-state index < -0.39 is 0 Å². The van der Waals surface area contributed by atoms with Crippen LogP contribution in [0, 0.1) is 6.92 Å². The Hall–Kier alpha value is -3.14. The van der Waals surface area contributed by atoms with Gasteiger partial charge in [0.1, 0.15) is 5.82 Å². The van der Waals surface area contributed by atoms with Crippen LogP contribution in [0.4, 0.5) is 11.5 Å². The zero-order valence-electron chi connectivity index (χ0n) is 15.1. The normalized spacial score (nSPS) is 10.4. The van der Waals surface area contributed by atoms with Crippen molar-refractivity contribution < 1.29 is 4.79 Å². The molecule has 0 aliphatic rings. The largest absolute Gasteiger partial charge is 0.355 e. The molecule has 1 aromatic heterocycles. The summed E-state index contributed by atoms with van der Waals surface area (Å²) in [4.78, 5) is 18.7. The average Bonchev–Trinajstić information content (AvgIpc) is 2.63. The lowest BCUT2D eigenvalue weighted by Crippen LogP contribution is -2.18. The van der Waals surface area contributed by atoms with Crippen LogP contribution < -0.4 is 10.2 Å². The number of aryl methyl sites for hydroxylation is 1. The predicted molar refractivity (Wildman–Crippen MR) is 106 cm³/mol. The number of nitrogens with zero attached hydrogens (tertiary/aromatic N) is 2. The number of carbonyl (C=O) groups excluding carboxylic acids is 1. The van der Waals surface area contributed by atoms with E-state index in [4.69, 9.17) is 0 Å². The molecule has 2 aromatic carbocycles. The summed E-state index contributed by atoms with van der Waals surface area (Å²) in [6, 6.07) is 22.1. The lowest BCUT2D eigenvalue weighted by molar-refractivity contribution is -0.115. The van der Waals surface area contributed by atoms with Crippen molar-refractivity contribution in [2.45, 2.75) is 19.9 Å². The van der Waals surface area contributed by atoms with Gasteiger partial charge in [-0.3, -0.25) is 4.79 Å². The first kappa shape index (κ1) is 17.7. The van der Waals surface area contributed by atoms with Gasteiger partial charge in [0.2, 0.25) is 5.91 Å². The van der Waals surface area contributed by atoms with Gasteiger partial charge in [-0.1, -0.05) is 60.2 Å². The van der Waals surface area contributed by atoms with E-state index in [1.807, 2.05) is 68.6 Å². The predicted octanol–water partition coefficient (Wildman–Crippen LogP) is 4.21. The van der Waals surface area contributed by atoms with Crippen LogP contribution >= 0.6 is 0 Å². The fourth-order valence-electron chi connectivity index (χ4n) is 2.84. The van der Waals surface area contributed by atoms with Gasteiger partial charge < -0.3 is 10.2 Å². The number of nitrogens with one attached hydrogen (secondary N) is 1. The van der Waals surface area contributed by atoms with Crippen molar-refractivity contribution in [3.05, 3.63) is 89.6 Å². The molecule has 1 N–H and O–H groups in total. The average molecular weight is 345 g/mol. The molecular formula is C22H23N3O. The SMILES string of the molecule is Cc1cccc(CC(=O)Nc2ccc(N(C)Cc3ccccc3)nc2)c1. The van der Waals surface area contributed by atoms with E-state index in [0.29, 0.717) is 12.1 Å². The minimum absolute atomic E-state index is 0.0391. The highest BCUT2D eigenvalue weighted by molar-refractivity contribution is 5.92. The molecule has 0 saturated heterocycles. The molecule has 1 amide bonds. The highest BCUT2D eigenvalue weighted by Gasteiger charge is 2.07. The molecule has 1 heterocycles. The maximum atomic E-state index is 12.2. The summed E-state index contributed by atoms with van der Waals surface area (Å²) < 4.78 is 0. The number of aromatic nitrogens is 1. The molecule has 4 heteroatoms. The van der Waals surface area contributed by atoms with Gasteiger partial charge in [-0.15, -0.1) is 0 Å². The number of rotatable bonds is 6. The first-order valence-corrected chi connectivity index (χ1v) is 8.67. The Morgan fingerprint density at radius 1 is 1.00 bits per heavy atom. The Labute approximate surface area is 154 Å². The van der Waals surface area contributed by atoms with Crippen molar-refractivity contribution in [2.24, 2.45) is 0 Å². The van der Waals surface area contributed by atoms with Gasteiger partial charge in [-0.05, 0) is 30.2 Å². The molecule has 3 rings (SSSR count). The van der Waals surface area contributed by atoms with Crippen molar-refractivity contribution in [3.8, 4) is 0 Å². The topological polar surface area (TPSA) is 45.2 Å². The highest BCUT2D eigenvalue weighted by Crippen LogP contribution is 2.16. The molecule has 0 atom stereocenters. The van der Waals surface area contributed by atoms with E-state index in [1.54, 1.807) is 6.20 Å². The Balaban J connectivity index is 1.57. The number of amides is 1. The second-order valence-corrected chi connectivity index (χ2v) is 6.46. The molecule has 0 bridgehead atoms. The van der Waals surface area contributed by atoms with Gasteiger partial charge in [-0.25, -0.2) is 4.98 Å². The quantitative estimate of drug-likeness (QED) is 0.728. The molecule has 0 fully saturated rings. The van der Waals surface area contributed by atoms with Crippen LogP contribution in [-0.4, -0.2) is 17.9 Å². The Morgan fingerprint density at radius 3 is 2.46 bits per heavy atom. The van der Waals surface area contributed by atoms with Crippen molar-refractivity contribution in [2.75, 3.05) is 17.3 Å². The Bertz CT molecular complexity index is 860. The minimum atomic E-state index is -0.0391. The van der Waals surface area contributed by atoms with E-state index in [0.717, 1.165) is 23.5 Å². The molecule has 0 unspecified atom stereocenters. The molecule has 0 radical (unpaired) electrons. The van der Waals surface area contributed by atoms with Crippen molar-refractivity contribution >= 4 is 17.4 Å². The summed E-state index contributed by atoms with van der Waals surface area (Å²) in [7, 11) is 2.01. The fourth-order valence-corrected chi connectivity index (χ4v) is 2.84. The summed E-state index contributed by atoms with van der Waals surface area (Å²) >= 11 is 0. The van der Waals surface area contributed by atoms with Gasteiger partial charge in [-0.2, -0.15) is 0 Å². The molecular weight excluding hydrogens is 322 g/mol. The van der Waals surface area contributed by atoms with E-state index in [2.05, 4.69) is 27.3 Å². The number of benzene rings is 2. The fraction of sp³-hybridized carbons (Fsp3) is 0.182. The van der Waals surface area contributed by atoms with Crippen molar-refractivity contribution in [1.82, 2.24) is 4.98 Å². The second-order valence-electron chi connectivity index (χ2n) is 6.46. The first-order valence-electron chi connectivity index (χ1n) is 8.67. The van der Waals surface area contributed by atoms with Gasteiger partial charge >= 0.3 is 0 Å². The number of hydrogen-bond donors (Lipinski definition) is 1. The van der Waals surface area contributed by atoms with Crippen molar-refractivity contribution in [1.29, 1.82) is 0 Å². The second kappa shape index (κ2) is 8.30. The third-order valence-corrected chi connectivity index (χ3v) is 4.13. The lowest BCUT2D eigenvalue weighted by atomic mass is 10.1. The number of anilines is 2. The standard InChI is InChI=1S/C22H23N3O/c1-17-7-6-10-19(13-17)14-22(26)24-20-11-12-21(23-15-20)25(2)16-18-8-4-3-5-9-18/h3-13,15H,14,16H2,1-2H3,(H,24,26). The van der Waals surface area contributed by atoms with E-state index >= 15 is 0 Å². The monoisotopic (exact) mass is 345 g/mol. The van der Waals surface area contributed by atoms with E-state index in [-0.39, 0.29) is 5.91 Å². The van der Waals surface area contributed by atoms with Gasteiger partial charge in [0.15, 0.2) is 0 Å². The summed E-state index contributed by atoms with van der Waals surface area (Å²) in [6.07, 6.45) is 2.06. The maximum Gasteiger partial charge on any atom is 0.228 e. The van der Waals surface area contributed by atoms with Crippen LogP contribution in [0.15, 0.2) is 72.9 Å². The van der Waals surface area contributed by atoms with Crippen LogP contribution in [0.2, 0.25) is 0 Å². The maximum absolute atomic E-state index is 12.2. The van der Waals surface area contributed by atoms with E-state index in [1.165, 1.54) is 5.56 Å². The molecule has 0 saturated carbocycles. The number of hydrogen-bond acceptors (Lipinski definition) is 3. The van der Waals surface area contributed by atoms with Crippen LogP contribution in [0.25, 0.3) is 0 Å². The molecule has 26 heavy (non-hydrogen) atoms. The van der Waals surface area contributed by atoms with Crippen LogP contribution in [0.3, 0.4) is 0 Å². The highest BCUT2D eigenvalue weighted by atomic mass is 16.1. The summed E-state index contributed by atoms with van der Waals surface area (Å²) in [5.74, 6) is 0.827. The zero-order valence-corrected chi connectivity index (χ0v) is 15.1. The Morgan fingerprint density at radius 2 is 1.77 bits per heavy atom.